The summed E-state index contributed by atoms with van der Waals surface area (Å²) < 4.78 is 17.0. The van der Waals surface area contributed by atoms with Gasteiger partial charge in [0, 0.05) is 19.3 Å². The van der Waals surface area contributed by atoms with Crippen LogP contribution < -0.4 is 0 Å². The molecule has 0 aliphatic rings. The van der Waals surface area contributed by atoms with Gasteiger partial charge in [-0.2, -0.15) is 0 Å². The first-order valence-corrected chi connectivity index (χ1v) is 34.5. The lowest BCUT2D eigenvalue weighted by Crippen LogP contribution is -2.30. The predicted octanol–water partition coefficient (Wildman–Crippen LogP) is 23.6. The van der Waals surface area contributed by atoms with E-state index in [1.54, 1.807) is 0 Å². The number of unbranched alkanes of at least 4 members (excludes halogenated alkanes) is 47. The maximum atomic E-state index is 12.9. The predicted molar refractivity (Wildman–Crippen MR) is 335 cm³/mol. The zero-order valence-corrected chi connectivity index (χ0v) is 52.0. The van der Waals surface area contributed by atoms with Gasteiger partial charge in [0.15, 0.2) is 6.10 Å². The molecule has 0 aromatic heterocycles. The Hall–Kier alpha value is -2.37. The van der Waals surface area contributed by atoms with E-state index in [2.05, 4.69) is 57.2 Å². The fourth-order valence-corrected chi connectivity index (χ4v) is 10.4. The van der Waals surface area contributed by atoms with Crippen molar-refractivity contribution >= 4 is 17.9 Å². The number of hydrogen-bond acceptors (Lipinski definition) is 6. The second-order valence-electron chi connectivity index (χ2n) is 23.4. The van der Waals surface area contributed by atoms with Gasteiger partial charge in [-0.15, -0.1) is 0 Å². The Morgan fingerprint density at radius 3 is 0.766 bits per heavy atom. The molecule has 0 rings (SSSR count). The van der Waals surface area contributed by atoms with E-state index in [0.29, 0.717) is 19.3 Å². The Morgan fingerprint density at radius 2 is 0.481 bits per heavy atom. The Labute approximate surface area is 480 Å². The molecule has 0 aromatic carbocycles. The fraction of sp³-hybridized carbons (Fsp3) is 0.873. The van der Waals surface area contributed by atoms with E-state index >= 15 is 0 Å². The molecule has 0 aromatic rings. The van der Waals surface area contributed by atoms with Crippen molar-refractivity contribution < 1.29 is 28.6 Å². The molecule has 0 saturated heterocycles. The number of carbonyl (C=O) groups excluding carboxylic acids is 3. The van der Waals surface area contributed by atoms with E-state index in [1.165, 1.54) is 263 Å². The van der Waals surface area contributed by atoms with Crippen LogP contribution in [0.1, 0.15) is 380 Å². The molecule has 0 saturated carbocycles. The van der Waals surface area contributed by atoms with Crippen LogP contribution in [-0.4, -0.2) is 37.2 Å². The van der Waals surface area contributed by atoms with Gasteiger partial charge in [-0.3, -0.25) is 14.4 Å². The molecule has 452 valence electrons. The number of esters is 3. The molecular formula is C71H132O6. The van der Waals surface area contributed by atoms with Gasteiger partial charge in [-0.25, -0.2) is 0 Å². The van der Waals surface area contributed by atoms with Crippen LogP contribution in [-0.2, 0) is 28.6 Å². The topological polar surface area (TPSA) is 78.9 Å². The Bertz CT molecular complexity index is 1290. The number of ether oxygens (including phenoxy) is 3. The summed E-state index contributed by atoms with van der Waals surface area (Å²) in [7, 11) is 0. The smallest absolute Gasteiger partial charge is 0.306 e. The third-order valence-electron chi connectivity index (χ3n) is 15.6. The fourth-order valence-electron chi connectivity index (χ4n) is 10.4. The highest BCUT2D eigenvalue weighted by Gasteiger charge is 2.19. The maximum absolute atomic E-state index is 12.9. The molecule has 1 unspecified atom stereocenters. The largest absolute Gasteiger partial charge is 0.462 e. The van der Waals surface area contributed by atoms with Crippen LogP contribution in [0.25, 0.3) is 0 Å². The lowest BCUT2D eigenvalue weighted by Gasteiger charge is -2.18. The molecule has 6 heteroatoms. The molecule has 0 fully saturated rings. The van der Waals surface area contributed by atoms with Gasteiger partial charge in [0.05, 0.1) is 0 Å². The molecule has 6 nitrogen and oxygen atoms in total. The molecular weight excluding hydrogens is 949 g/mol. The minimum atomic E-state index is -0.775. The van der Waals surface area contributed by atoms with Crippen molar-refractivity contribution in [3.63, 3.8) is 0 Å². The van der Waals surface area contributed by atoms with Crippen LogP contribution in [0.15, 0.2) is 36.5 Å². The van der Waals surface area contributed by atoms with Crippen molar-refractivity contribution in [1.82, 2.24) is 0 Å². The van der Waals surface area contributed by atoms with E-state index in [1.807, 2.05) is 0 Å². The van der Waals surface area contributed by atoms with Gasteiger partial charge in [0.1, 0.15) is 13.2 Å². The molecule has 77 heavy (non-hydrogen) atoms. The molecule has 0 amide bonds. The van der Waals surface area contributed by atoms with E-state index in [9.17, 15) is 14.4 Å². The highest BCUT2D eigenvalue weighted by Crippen LogP contribution is 2.18. The van der Waals surface area contributed by atoms with Crippen molar-refractivity contribution in [3.8, 4) is 0 Å². The summed E-state index contributed by atoms with van der Waals surface area (Å²) in [6.07, 6.45) is 81.7. The van der Waals surface area contributed by atoms with Gasteiger partial charge in [0.2, 0.25) is 0 Å². The molecule has 0 bridgehead atoms. The van der Waals surface area contributed by atoms with Crippen molar-refractivity contribution in [2.75, 3.05) is 13.2 Å². The summed E-state index contributed by atoms with van der Waals surface area (Å²) in [4.78, 5) is 38.3. The average molecular weight is 1080 g/mol. The summed E-state index contributed by atoms with van der Waals surface area (Å²) in [6.45, 7) is 6.65. The average Bonchev–Trinajstić information content (AvgIpc) is 3.43. The Morgan fingerprint density at radius 1 is 0.260 bits per heavy atom. The van der Waals surface area contributed by atoms with Gasteiger partial charge in [-0.05, 0) is 70.6 Å². The Kier molecular flexibility index (Phi) is 64.1. The Balaban J connectivity index is 4.18. The summed E-state index contributed by atoms with van der Waals surface area (Å²) in [6, 6.07) is 0. The third-order valence-corrected chi connectivity index (χ3v) is 15.6. The number of rotatable bonds is 64. The van der Waals surface area contributed by atoms with Crippen LogP contribution in [0.3, 0.4) is 0 Å². The summed E-state index contributed by atoms with van der Waals surface area (Å²) >= 11 is 0. The zero-order valence-electron chi connectivity index (χ0n) is 52.0. The SMILES string of the molecule is CCCC/C=C\C/C=C\CCCCCCCC(=O)OCC(COC(=O)CCCCCCCCCCCCCCCCCCC/C=C\CCCCCCCCCC)OC(=O)CCCCCCCCCCCCCCCCCC. The minimum absolute atomic E-state index is 0.0713. The summed E-state index contributed by atoms with van der Waals surface area (Å²) in [5, 5.41) is 0. The molecule has 0 radical (unpaired) electrons. The molecule has 0 spiro atoms. The molecule has 0 heterocycles. The standard InChI is InChI=1S/C71H132O6/c1-4-7-10-13-16-19-22-25-28-30-31-32-33-34-35-36-37-38-39-40-41-42-44-46-49-52-55-58-61-64-70(73)76-67-68(66-75-69(72)63-60-57-54-51-48-45-27-24-21-18-15-12-9-6-3)77-71(74)65-62-59-56-53-50-47-43-29-26-23-20-17-14-11-8-5-2/h15,18,24,27,30-31,68H,4-14,16-17,19-23,25-26,28-29,32-67H2,1-3H3/b18-15-,27-24-,31-30-. The first-order valence-electron chi connectivity index (χ1n) is 34.5. The summed E-state index contributed by atoms with van der Waals surface area (Å²) in [5.41, 5.74) is 0. The second kappa shape index (κ2) is 66.1. The van der Waals surface area contributed by atoms with Crippen molar-refractivity contribution in [1.29, 1.82) is 0 Å². The van der Waals surface area contributed by atoms with Crippen LogP contribution in [0.2, 0.25) is 0 Å². The summed E-state index contributed by atoms with van der Waals surface area (Å²) in [5.74, 6) is -0.859. The highest BCUT2D eigenvalue weighted by molar-refractivity contribution is 5.71. The molecule has 1 atom stereocenters. The van der Waals surface area contributed by atoms with Gasteiger partial charge in [0.25, 0.3) is 0 Å². The highest BCUT2D eigenvalue weighted by atomic mass is 16.6. The quantitative estimate of drug-likeness (QED) is 0.0261. The number of allylic oxidation sites excluding steroid dienone is 6. The van der Waals surface area contributed by atoms with E-state index < -0.39 is 6.10 Å². The monoisotopic (exact) mass is 1080 g/mol. The number of hydrogen-bond donors (Lipinski definition) is 0. The first kappa shape index (κ1) is 74.6. The lowest BCUT2D eigenvalue weighted by atomic mass is 10.0. The van der Waals surface area contributed by atoms with Crippen molar-refractivity contribution in [2.45, 2.75) is 386 Å². The molecule has 0 N–H and O–H groups in total. The van der Waals surface area contributed by atoms with Gasteiger partial charge < -0.3 is 14.2 Å². The van der Waals surface area contributed by atoms with Crippen LogP contribution in [0.5, 0.6) is 0 Å². The normalized spacial score (nSPS) is 12.2. The van der Waals surface area contributed by atoms with Gasteiger partial charge >= 0.3 is 17.9 Å². The van der Waals surface area contributed by atoms with Crippen molar-refractivity contribution in [3.05, 3.63) is 36.5 Å². The van der Waals surface area contributed by atoms with Crippen molar-refractivity contribution in [2.24, 2.45) is 0 Å². The van der Waals surface area contributed by atoms with Gasteiger partial charge in [-0.1, -0.05) is 327 Å². The second-order valence-corrected chi connectivity index (χ2v) is 23.4. The third kappa shape index (κ3) is 64.3. The van der Waals surface area contributed by atoms with E-state index in [0.717, 1.165) is 77.0 Å². The number of carbonyl (C=O) groups is 3. The van der Waals surface area contributed by atoms with E-state index in [-0.39, 0.29) is 31.1 Å². The maximum Gasteiger partial charge on any atom is 0.306 e. The van der Waals surface area contributed by atoms with Crippen LogP contribution in [0.4, 0.5) is 0 Å². The zero-order chi connectivity index (χ0) is 55.7. The molecule has 0 aliphatic heterocycles. The lowest BCUT2D eigenvalue weighted by molar-refractivity contribution is -0.167. The van der Waals surface area contributed by atoms with E-state index in [4.69, 9.17) is 14.2 Å². The first-order chi connectivity index (χ1) is 38.0. The van der Waals surface area contributed by atoms with Crippen LogP contribution >= 0.6 is 0 Å². The molecule has 0 aliphatic carbocycles. The van der Waals surface area contributed by atoms with Crippen LogP contribution in [0, 0.1) is 0 Å². The minimum Gasteiger partial charge on any atom is -0.462 e.